The van der Waals surface area contributed by atoms with Gasteiger partial charge in [0.2, 0.25) is 5.91 Å². The molecule has 148 valence electrons. The first-order valence-corrected chi connectivity index (χ1v) is 9.11. The highest BCUT2D eigenvalue weighted by molar-refractivity contribution is 5.91. The molecule has 0 aliphatic heterocycles. The number of nitrogens with zero attached hydrogens (tertiary/aromatic N) is 1. The maximum Gasteiger partial charge on any atom is 0.244 e. The van der Waals surface area contributed by atoms with Gasteiger partial charge in [-0.05, 0) is 54.0 Å². The molecule has 3 aromatic rings. The van der Waals surface area contributed by atoms with Crippen LogP contribution in [0, 0.1) is 11.6 Å². The highest BCUT2D eigenvalue weighted by Crippen LogP contribution is 2.15. The molecule has 1 amide bonds. The molecule has 4 nitrogen and oxygen atoms in total. The van der Waals surface area contributed by atoms with Crippen LogP contribution in [0.2, 0.25) is 0 Å². The molecule has 29 heavy (non-hydrogen) atoms. The van der Waals surface area contributed by atoms with Crippen LogP contribution in [0.25, 0.3) is 6.08 Å². The summed E-state index contributed by atoms with van der Waals surface area (Å²) in [4.78, 5) is 15.9. The van der Waals surface area contributed by atoms with E-state index in [-0.39, 0.29) is 12.5 Å². The van der Waals surface area contributed by atoms with Gasteiger partial charge in [-0.3, -0.25) is 9.78 Å². The van der Waals surface area contributed by atoms with E-state index >= 15 is 0 Å². The van der Waals surface area contributed by atoms with Gasteiger partial charge in [-0.25, -0.2) is 8.78 Å². The van der Waals surface area contributed by atoms with Gasteiger partial charge in [0.1, 0.15) is 24.0 Å². The predicted molar refractivity (Wildman–Crippen MR) is 107 cm³/mol. The summed E-state index contributed by atoms with van der Waals surface area (Å²) < 4.78 is 32.0. The molecule has 0 radical (unpaired) electrons. The lowest BCUT2D eigenvalue weighted by Crippen LogP contribution is -2.23. The van der Waals surface area contributed by atoms with Crippen molar-refractivity contribution in [3.05, 3.63) is 101 Å². The van der Waals surface area contributed by atoms with Gasteiger partial charge in [-0.1, -0.05) is 18.2 Å². The second-order valence-electron chi connectivity index (χ2n) is 6.37. The number of hydrogen-bond donors (Lipinski definition) is 1. The molecule has 0 atom stereocenters. The van der Waals surface area contributed by atoms with Crippen molar-refractivity contribution >= 4 is 12.0 Å². The molecular formula is C23H20F2N2O2. The Morgan fingerprint density at radius 3 is 2.48 bits per heavy atom. The molecule has 0 fully saturated rings. The van der Waals surface area contributed by atoms with Gasteiger partial charge in [0, 0.05) is 36.6 Å². The first-order chi connectivity index (χ1) is 14.1. The molecule has 0 saturated carbocycles. The summed E-state index contributed by atoms with van der Waals surface area (Å²) in [6.07, 6.45) is 6.90. The summed E-state index contributed by atoms with van der Waals surface area (Å²) in [6.45, 7) is 0.716. The van der Waals surface area contributed by atoms with Gasteiger partial charge < -0.3 is 10.1 Å². The van der Waals surface area contributed by atoms with E-state index in [0.717, 1.165) is 22.9 Å². The van der Waals surface area contributed by atoms with Crippen LogP contribution in [-0.4, -0.2) is 17.4 Å². The van der Waals surface area contributed by atoms with Crippen LogP contribution in [0.3, 0.4) is 0 Å². The predicted octanol–water partition coefficient (Wildman–Crippen LogP) is 4.31. The van der Waals surface area contributed by atoms with Crippen LogP contribution < -0.4 is 10.1 Å². The number of benzene rings is 2. The Labute approximate surface area is 167 Å². The minimum Gasteiger partial charge on any atom is -0.489 e. The standard InChI is InChI=1S/C23H20F2N2O2/c24-20-12-18(13-21(25)14-20)9-11-27-23(28)8-5-17-3-6-22(7-4-17)29-16-19-2-1-10-26-15-19/h1-8,10,12-15H,9,11,16H2,(H,27,28)/b8-5-. The van der Waals surface area contributed by atoms with Crippen LogP contribution >= 0.6 is 0 Å². The fourth-order valence-electron chi connectivity index (χ4n) is 2.64. The maximum atomic E-state index is 13.1. The summed E-state index contributed by atoms with van der Waals surface area (Å²) in [5.41, 5.74) is 2.32. The molecule has 1 N–H and O–H groups in total. The molecule has 1 heterocycles. The average Bonchev–Trinajstić information content (AvgIpc) is 2.71. The molecule has 3 rings (SSSR count). The normalized spacial score (nSPS) is 10.8. The third-order valence-electron chi connectivity index (χ3n) is 4.07. The third-order valence-corrected chi connectivity index (χ3v) is 4.07. The number of ether oxygens (including phenoxy) is 1. The molecule has 1 aromatic heterocycles. The Kier molecular flexibility index (Phi) is 7.05. The first kappa shape index (κ1) is 20.2. The molecule has 0 unspecified atom stereocenters. The molecule has 0 aliphatic rings. The summed E-state index contributed by atoms with van der Waals surface area (Å²) >= 11 is 0. The van der Waals surface area contributed by atoms with Crippen molar-refractivity contribution in [3.63, 3.8) is 0 Å². The van der Waals surface area contributed by atoms with E-state index in [1.54, 1.807) is 18.5 Å². The van der Waals surface area contributed by atoms with Crippen LogP contribution in [0.1, 0.15) is 16.7 Å². The molecular weight excluding hydrogens is 374 g/mol. The van der Waals surface area contributed by atoms with Crippen molar-refractivity contribution in [1.29, 1.82) is 0 Å². The van der Waals surface area contributed by atoms with E-state index in [2.05, 4.69) is 10.3 Å². The first-order valence-electron chi connectivity index (χ1n) is 9.11. The van der Waals surface area contributed by atoms with E-state index < -0.39 is 11.6 Å². The monoisotopic (exact) mass is 394 g/mol. The number of halogens is 2. The Bertz CT molecular complexity index is 954. The number of pyridine rings is 1. The van der Waals surface area contributed by atoms with Crippen LogP contribution in [0.15, 0.2) is 73.1 Å². The molecule has 2 aromatic carbocycles. The lowest BCUT2D eigenvalue weighted by Gasteiger charge is -2.06. The summed E-state index contributed by atoms with van der Waals surface area (Å²) in [7, 11) is 0. The van der Waals surface area contributed by atoms with E-state index in [9.17, 15) is 13.6 Å². The van der Waals surface area contributed by atoms with E-state index in [1.165, 1.54) is 18.2 Å². The lowest BCUT2D eigenvalue weighted by atomic mass is 10.1. The quantitative estimate of drug-likeness (QED) is 0.579. The van der Waals surface area contributed by atoms with E-state index in [1.807, 2.05) is 36.4 Å². The number of aromatic nitrogens is 1. The zero-order valence-electron chi connectivity index (χ0n) is 15.6. The Balaban J connectivity index is 1.43. The van der Waals surface area contributed by atoms with Crippen LogP contribution in [0.5, 0.6) is 5.75 Å². The number of amides is 1. The summed E-state index contributed by atoms with van der Waals surface area (Å²) in [5.74, 6) is -0.810. The number of carbonyl (C=O) groups excluding carboxylic acids is 1. The largest absolute Gasteiger partial charge is 0.489 e. The fraction of sp³-hybridized carbons (Fsp3) is 0.130. The number of nitrogens with one attached hydrogen (secondary N) is 1. The smallest absolute Gasteiger partial charge is 0.244 e. The average molecular weight is 394 g/mol. The fourth-order valence-corrected chi connectivity index (χ4v) is 2.64. The van der Waals surface area contributed by atoms with E-state index in [4.69, 9.17) is 4.74 Å². The third kappa shape index (κ3) is 6.84. The van der Waals surface area contributed by atoms with Gasteiger partial charge >= 0.3 is 0 Å². The second-order valence-corrected chi connectivity index (χ2v) is 6.37. The molecule has 6 heteroatoms. The Hall–Kier alpha value is -3.54. The minimum absolute atomic E-state index is 0.279. The van der Waals surface area contributed by atoms with Crippen molar-refractivity contribution in [2.24, 2.45) is 0 Å². The van der Waals surface area contributed by atoms with E-state index in [0.29, 0.717) is 18.6 Å². The van der Waals surface area contributed by atoms with Crippen LogP contribution in [0.4, 0.5) is 8.78 Å². The molecule has 0 aliphatic carbocycles. The van der Waals surface area contributed by atoms with Gasteiger partial charge in [-0.2, -0.15) is 0 Å². The Morgan fingerprint density at radius 2 is 1.79 bits per heavy atom. The Morgan fingerprint density at radius 1 is 1.03 bits per heavy atom. The minimum atomic E-state index is -0.626. The van der Waals surface area contributed by atoms with Crippen molar-refractivity contribution < 1.29 is 18.3 Å². The maximum absolute atomic E-state index is 13.1. The highest BCUT2D eigenvalue weighted by Gasteiger charge is 2.02. The van der Waals surface area contributed by atoms with Crippen molar-refractivity contribution in [3.8, 4) is 5.75 Å². The number of carbonyl (C=O) groups is 1. The zero-order valence-corrected chi connectivity index (χ0v) is 15.6. The second kappa shape index (κ2) is 10.1. The molecule has 0 saturated heterocycles. The number of rotatable bonds is 8. The van der Waals surface area contributed by atoms with Gasteiger partial charge in [0.15, 0.2) is 0 Å². The summed E-state index contributed by atoms with van der Waals surface area (Å²) in [6, 6.07) is 14.5. The van der Waals surface area contributed by atoms with Gasteiger partial charge in [0.25, 0.3) is 0 Å². The van der Waals surface area contributed by atoms with Crippen molar-refractivity contribution in [2.75, 3.05) is 6.54 Å². The van der Waals surface area contributed by atoms with Crippen molar-refractivity contribution in [1.82, 2.24) is 10.3 Å². The lowest BCUT2D eigenvalue weighted by molar-refractivity contribution is -0.116. The highest BCUT2D eigenvalue weighted by atomic mass is 19.1. The SMILES string of the molecule is O=C(/C=C\c1ccc(OCc2cccnc2)cc1)NCCc1cc(F)cc(F)c1. The molecule has 0 spiro atoms. The number of hydrogen-bond acceptors (Lipinski definition) is 3. The van der Waals surface area contributed by atoms with Gasteiger partial charge in [0.05, 0.1) is 0 Å². The zero-order chi connectivity index (χ0) is 20.5. The van der Waals surface area contributed by atoms with Crippen LogP contribution in [-0.2, 0) is 17.8 Å². The van der Waals surface area contributed by atoms with Gasteiger partial charge in [-0.15, -0.1) is 0 Å². The summed E-state index contributed by atoms with van der Waals surface area (Å²) in [5, 5.41) is 2.69. The van der Waals surface area contributed by atoms with Crippen molar-refractivity contribution in [2.45, 2.75) is 13.0 Å². The topological polar surface area (TPSA) is 51.2 Å². The molecule has 0 bridgehead atoms.